The Hall–Kier alpha value is -1.43. The zero-order chi connectivity index (χ0) is 8.23. The lowest BCUT2D eigenvalue weighted by Crippen LogP contribution is -1.83. The first-order chi connectivity index (χ1) is 5.95. The Labute approximate surface area is 72.8 Å². The summed E-state index contributed by atoms with van der Waals surface area (Å²) in [6.45, 7) is 0. The van der Waals surface area contributed by atoms with Crippen molar-refractivity contribution in [2.45, 2.75) is 6.42 Å². The highest BCUT2D eigenvalue weighted by Gasteiger charge is 1.86. The van der Waals surface area contributed by atoms with Gasteiger partial charge in [-0.1, -0.05) is 42.3 Å². The first-order valence-electron chi connectivity index (χ1n) is 4.20. The van der Waals surface area contributed by atoms with Gasteiger partial charge in [0.1, 0.15) is 0 Å². The molecule has 12 heavy (non-hydrogen) atoms. The van der Waals surface area contributed by atoms with Gasteiger partial charge in [-0.25, -0.2) is 6.07 Å². The van der Waals surface area contributed by atoms with Crippen molar-refractivity contribution in [1.82, 2.24) is 0 Å². The van der Waals surface area contributed by atoms with Crippen LogP contribution in [0.4, 0.5) is 0 Å². The topological polar surface area (TPSA) is 0 Å². The quantitative estimate of drug-likeness (QED) is 0.585. The molecular weight excluding hydrogens is 144 g/mol. The molecule has 0 aromatic heterocycles. The molecule has 0 aliphatic heterocycles. The molecule has 2 rings (SSSR count). The fourth-order valence-electron chi connectivity index (χ4n) is 1.36. The Bertz CT molecular complexity index is 316. The van der Waals surface area contributed by atoms with E-state index in [9.17, 15) is 0 Å². The highest BCUT2D eigenvalue weighted by Crippen LogP contribution is 2.08. The molecule has 0 heteroatoms. The molecule has 0 saturated carbocycles. The number of hydrogen-bond donors (Lipinski definition) is 0. The van der Waals surface area contributed by atoms with E-state index in [1.165, 1.54) is 11.1 Å². The Kier molecular flexibility index (Phi) is 2.00. The van der Waals surface area contributed by atoms with Gasteiger partial charge in [-0.05, 0) is 0 Å². The van der Waals surface area contributed by atoms with Gasteiger partial charge in [0, 0.05) is 0 Å². The Morgan fingerprint density at radius 3 is 2.42 bits per heavy atom. The third-order valence-electron chi connectivity index (χ3n) is 1.98. The maximum Gasteiger partial charge on any atom is -0.0561 e. The molecule has 0 aliphatic rings. The highest BCUT2D eigenvalue weighted by molar-refractivity contribution is 5.26. The van der Waals surface area contributed by atoms with Crippen LogP contribution in [-0.4, -0.2) is 0 Å². The zero-order valence-corrected chi connectivity index (χ0v) is 6.90. The number of hydrogen-bond acceptors (Lipinski definition) is 0. The summed E-state index contributed by atoms with van der Waals surface area (Å²) in [5.41, 5.74) is 2.77. The largest absolute Gasteiger partial charge is 0.210 e. The van der Waals surface area contributed by atoms with E-state index in [0.29, 0.717) is 0 Å². The Morgan fingerprint density at radius 1 is 0.917 bits per heavy atom. The summed E-state index contributed by atoms with van der Waals surface area (Å²) in [7, 11) is 0. The molecule has 0 spiro atoms. The van der Waals surface area contributed by atoms with E-state index in [-0.39, 0.29) is 0 Å². The van der Waals surface area contributed by atoms with Crippen LogP contribution in [0.2, 0.25) is 0 Å². The van der Waals surface area contributed by atoms with Gasteiger partial charge in [-0.15, -0.1) is 0 Å². The standard InChI is InChI=1S/C12H11/c1-2-6-11(7-3-1)10-12-8-4-5-9-12/h1-9H,10H2/q-1. The van der Waals surface area contributed by atoms with Crippen molar-refractivity contribution in [3.8, 4) is 0 Å². The lowest BCUT2D eigenvalue weighted by molar-refractivity contribution is 1.21. The summed E-state index contributed by atoms with van der Waals surface area (Å²) in [6.07, 6.45) is 1.05. The third-order valence-corrected chi connectivity index (χ3v) is 1.98. The smallest absolute Gasteiger partial charge is 0.0561 e. The molecule has 0 unspecified atom stereocenters. The molecule has 0 amide bonds. The average Bonchev–Trinajstić information content (AvgIpc) is 2.59. The maximum absolute atomic E-state index is 2.16. The second-order valence-electron chi connectivity index (χ2n) is 2.96. The normalized spacial score (nSPS) is 10.0. The predicted molar refractivity (Wildman–Crippen MR) is 51.3 cm³/mol. The van der Waals surface area contributed by atoms with Crippen LogP contribution in [0.15, 0.2) is 54.6 Å². The van der Waals surface area contributed by atoms with Gasteiger partial charge in [0.2, 0.25) is 0 Å². The molecule has 0 nitrogen and oxygen atoms in total. The van der Waals surface area contributed by atoms with Crippen molar-refractivity contribution in [1.29, 1.82) is 0 Å². The first kappa shape index (κ1) is 7.23. The molecule has 0 heterocycles. The number of benzene rings is 1. The van der Waals surface area contributed by atoms with Gasteiger partial charge in [-0.3, -0.25) is 0 Å². The number of rotatable bonds is 2. The van der Waals surface area contributed by atoms with E-state index in [0.717, 1.165) is 6.42 Å². The molecule has 60 valence electrons. The van der Waals surface area contributed by atoms with Crippen molar-refractivity contribution in [2.75, 3.05) is 0 Å². The highest BCUT2D eigenvalue weighted by atomic mass is 14.0. The van der Waals surface area contributed by atoms with Crippen molar-refractivity contribution < 1.29 is 0 Å². The minimum absolute atomic E-state index is 1.05. The zero-order valence-electron chi connectivity index (χ0n) is 6.90. The minimum atomic E-state index is 1.05. The molecule has 0 N–H and O–H groups in total. The molecule has 2 aromatic carbocycles. The van der Waals surface area contributed by atoms with E-state index < -0.39 is 0 Å². The van der Waals surface area contributed by atoms with Gasteiger partial charge in [0.25, 0.3) is 0 Å². The average molecular weight is 155 g/mol. The van der Waals surface area contributed by atoms with Gasteiger partial charge < -0.3 is 0 Å². The van der Waals surface area contributed by atoms with E-state index >= 15 is 0 Å². The summed E-state index contributed by atoms with van der Waals surface area (Å²) in [4.78, 5) is 0. The minimum Gasteiger partial charge on any atom is -0.210 e. The Balaban J connectivity index is 2.15. The van der Waals surface area contributed by atoms with Gasteiger partial charge in [0.15, 0.2) is 0 Å². The summed E-state index contributed by atoms with van der Waals surface area (Å²) in [5.74, 6) is 0. The van der Waals surface area contributed by atoms with Gasteiger partial charge in [0.05, 0.1) is 0 Å². The summed E-state index contributed by atoms with van der Waals surface area (Å²) >= 11 is 0. The SMILES string of the molecule is c1ccc(Cc2cc[cH-]c2)cc1. The second kappa shape index (κ2) is 3.31. The summed E-state index contributed by atoms with van der Waals surface area (Å²) < 4.78 is 0. The van der Waals surface area contributed by atoms with Crippen LogP contribution < -0.4 is 0 Å². The van der Waals surface area contributed by atoms with Crippen LogP contribution in [0.3, 0.4) is 0 Å². The van der Waals surface area contributed by atoms with Crippen LogP contribution in [0.25, 0.3) is 0 Å². The fraction of sp³-hybridized carbons (Fsp3) is 0.0833. The lowest BCUT2D eigenvalue weighted by atomic mass is 10.1. The van der Waals surface area contributed by atoms with Crippen LogP contribution in [0.5, 0.6) is 0 Å². The molecule has 0 radical (unpaired) electrons. The molecule has 0 aliphatic carbocycles. The molecule has 0 saturated heterocycles. The van der Waals surface area contributed by atoms with Crippen molar-refractivity contribution in [2.24, 2.45) is 0 Å². The third kappa shape index (κ3) is 1.59. The van der Waals surface area contributed by atoms with E-state index in [2.05, 4.69) is 54.6 Å². The van der Waals surface area contributed by atoms with Crippen LogP contribution in [0.1, 0.15) is 11.1 Å². The summed E-state index contributed by atoms with van der Waals surface area (Å²) in [5, 5.41) is 0. The fourth-order valence-corrected chi connectivity index (χ4v) is 1.36. The van der Waals surface area contributed by atoms with Gasteiger partial charge in [-0.2, -0.15) is 23.8 Å². The Morgan fingerprint density at radius 2 is 1.75 bits per heavy atom. The summed E-state index contributed by atoms with van der Waals surface area (Å²) in [6, 6.07) is 19.0. The monoisotopic (exact) mass is 155 g/mol. The molecule has 0 bridgehead atoms. The van der Waals surface area contributed by atoms with E-state index in [4.69, 9.17) is 0 Å². The van der Waals surface area contributed by atoms with E-state index in [1.54, 1.807) is 0 Å². The van der Waals surface area contributed by atoms with Crippen molar-refractivity contribution in [3.05, 3.63) is 65.7 Å². The molecule has 0 fully saturated rings. The lowest BCUT2D eigenvalue weighted by Gasteiger charge is -2.02. The van der Waals surface area contributed by atoms with Crippen molar-refractivity contribution in [3.63, 3.8) is 0 Å². The molecule has 2 aromatic rings. The predicted octanol–water partition coefficient (Wildman–Crippen LogP) is 3.00. The van der Waals surface area contributed by atoms with Crippen LogP contribution >= 0.6 is 0 Å². The first-order valence-corrected chi connectivity index (χ1v) is 4.20. The van der Waals surface area contributed by atoms with Crippen molar-refractivity contribution >= 4 is 0 Å². The molecule has 0 atom stereocenters. The van der Waals surface area contributed by atoms with E-state index in [1.807, 2.05) is 0 Å². The van der Waals surface area contributed by atoms with Crippen LogP contribution in [-0.2, 0) is 6.42 Å². The maximum atomic E-state index is 2.16. The van der Waals surface area contributed by atoms with Gasteiger partial charge >= 0.3 is 0 Å². The second-order valence-corrected chi connectivity index (χ2v) is 2.96. The molecular formula is C12H11-. The van der Waals surface area contributed by atoms with Crippen LogP contribution in [0, 0.1) is 0 Å².